The number of pyridine rings is 1. The number of nitriles is 1. The van der Waals surface area contributed by atoms with E-state index < -0.39 is 6.10 Å². The molecule has 0 radical (unpaired) electrons. The van der Waals surface area contributed by atoms with Crippen LogP contribution in [0.1, 0.15) is 37.8 Å². The Balaban J connectivity index is 2.70. The van der Waals surface area contributed by atoms with Gasteiger partial charge in [-0.3, -0.25) is 0 Å². The minimum Gasteiger partial charge on any atom is -0.391 e. The number of aryl methyl sites for hydroxylation is 1. The van der Waals surface area contributed by atoms with Gasteiger partial charge in [0.1, 0.15) is 11.9 Å². The van der Waals surface area contributed by atoms with Gasteiger partial charge in [0.25, 0.3) is 0 Å². The second-order valence-corrected chi connectivity index (χ2v) is 4.49. The highest BCUT2D eigenvalue weighted by Gasteiger charge is 2.16. The van der Waals surface area contributed by atoms with Crippen LogP contribution in [-0.2, 0) is 0 Å². The minimum atomic E-state index is -0.408. The van der Waals surface area contributed by atoms with E-state index in [0.717, 1.165) is 18.4 Å². The first-order valence-electron chi connectivity index (χ1n) is 6.41. The fraction of sp³-hybridized carbons (Fsp3) is 0.571. The topological polar surface area (TPSA) is 68.9 Å². The van der Waals surface area contributed by atoms with Gasteiger partial charge < -0.3 is 10.4 Å². The molecule has 98 valence electrons. The molecule has 0 saturated heterocycles. The van der Waals surface area contributed by atoms with Gasteiger partial charge in [0.2, 0.25) is 0 Å². The normalized spacial score (nSPS) is 12.2. The summed E-state index contributed by atoms with van der Waals surface area (Å²) >= 11 is 0. The Morgan fingerprint density at radius 2 is 2.11 bits per heavy atom. The van der Waals surface area contributed by atoms with E-state index in [9.17, 15) is 5.11 Å². The summed E-state index contributed by atoms with van der Waals surface area (Å²) in [5.41, 5.74) is 1.45. The number of nitrogens with zero attached hydrogens (tertiary/aromatic N) is 2. The molecule has 1 rings (SSSR count). The van der Waals surface area contributed by atoms with Crippen LogP contribution in [0.25, 0.3) is 0 Å². The Morgan fingerprint density at radius 1 is 1.44 bits per heavy atom. The molecule has 0 fully saturated rings. The molecule has 0 saturated carbocycles. The lowest BCUT2D eigenvalue weighted by atomic mass is 9.96. The molecular weight excluding hydrogens is 226 g/mol. The van der Waals surface area contributed by atoms with Crippen LogP contribution < -0.4 is 5.32 Å². The van der Waals surface area contributed by atoms with E-state index in [1.807, 2.05) is 6.92 Å². The monoisotopic (exact) mass is 247 g/mol. The van der Waals surface area contributed by atoms with Crippen molar-refractivity contribution < 1.29 is 5.11 Å². The van der Waals surface area contributed by atoms with Crippen molar-refractivity contribution in [3.8, 4) is 6.07 Å². The van der Waals surface area contributed by atoms with Crippen molar-refractivity contribution in [3.05, 3.63) is 23.4 Å². The number of aliphatic hydroxyl groups excluding tert-OH is 1. The molecule has 1 unspecified atom stereocenters. The van der Waals surface area contributed by atoms with E-state index in [1.165, 1.54) is 0 Å². The van der Waals surface area contributed by atoms with Gasteiger partial charge in [-0.15, -0.1) is 0 Å². The molecule has 4 heteroatoms. The van der Waals surface area contributed by atoms with E-state index in [2.05, 4.69) is 30.2 Å². The second-order valence-electron chi connectivity index (χ2n) is 4.49. The van der Waals surface area contributed by atoms with Crippen molar-refractivity contribution in [2.24, 2.45) is 5.92 Å². The van der Waals surface area contributed by atoms with E-state index >= 15 is 0 Å². The van der Waals surface area contributed by atoms with Gasteiger partial charge in [-0.2, -0.15) is 5.26 Å². The predicted molar refractivity (Wildman–Crippen MR) is 72.3 cm³/mol. The smallest absolute Gasteiger partial charge is 0.144 e. The van der Waals surface area contributed by atoms with Crippen LogP contribution in [0.15, 0.2) is 12.3 Å². The number of rotatable bonds is 6. The van der Waals surface area contributed by atoms with Crippen LogP contribution in [0.5, 0.6) is 0 Å². The van der Waals surface area contributed by atoms with E-state index in [1.54, 1.807) is 12.3 Å². The molecule has 1 atom stereocenters. The number of hydrogen-bond acceptors (Lipinski definition) is 4. The zero-order valence-electron chi connectivity index (χ0n) is 11.3. The first-order chi connectivity index (χ1) is 8.63. The third-order valence-corrected chi connectivity index (χ3v) is 3.34. The molecule has 1 aromatic heterocycles. The van der Waals surface area contributed by atoms with Gasteiger partial charge in [-0.25, -0.2) is 4.98 Å². The van der Waals surface area contributed by atoms with Gasteiger partial charge in [0.15, 0.2) is 0 Å². The van der Waals surface area contributed by atoms with Crippen molar-refractivity contribution in [1.82, 2.24) is 4.98 Å². The lowest BCUT2D eigenvalue weighted by Gasteiger charge is -2.21. The highest BCUT2D eigenvalue weighted by Crippen LogP contribution is 2.17. The Bertz CT molecular complexity index is 422. The van der Waals surface area contributed by atoms with Gasteiger partial charge in [0, 0.05) is 12.7 Å². The quantitative estimate of drug-likeness (QED) is 0.810. The molecule has 1 heterocycles. The fourth-order valence-electron chi connectivity index (χ4n) is 2.03. The van der Waals surface area contributed by atoms with Crippen molar-refractivity contribution in [3.63, 3.8) is 0 Å². The number of hydrogen-bond donors (Lipinski definition) is 2. The summed E-state index contributed by atoms with van der Waals surface area (Å²) in [5.74, 6) is 0.843. The summed E-state index contributed by atoms with van der Waals surface area (Å²) < 4.78 is 0. The number of anilines is 1. The molecule has 0 aromatic carbocycles. The van der Waals surface area contributed by atoms with E-state index in [4.69, 9.17) is 5.26 Å². The van der Waals surface area contributed by atoms with Crippen molar-refractivity contribution >= 4 is 5.82 Å². The summed E-state index contributed by atoms with van der Waals surface area (Å²) in [5, 5.41) is 22.2. The minimum absolute atomic E-state index is 0.285. The molecule has 2 N–H and O–H groups in total. The molecular formula is C14H21N3O. The average Bonchev–Trinajstić information content (AvgIpc) is 2.37. The maximum Gasteiger partial charge on any atom is 0.144 e. The van der Waals surface area contributed by atoms with Crippen LogP contribution in [0.3, 0.4) is 0 Å². The van der Waals surface area contributed by atoms with Crippen LogP contribution in [0.2, 0.25) is 0 Å². The Hall–Kier alpha value is -1.60. The average molecular weight is 247 g/mol. The van der Waals surface area contributed by atoms with Crippen LogP contribution in [0.4, 0.5) is 5.82 Å². The first kappa shape index (κ1) is 14.5. The largest absolute Gasteiger partial charge is 0.391 e. The molecule has 0 spiro atoms. The predicted octanol–water partition coefficient (Wildman–Crippen LogP) is 2.47. The Morgan fingerprint density at radius 3 is 2.67 bits per heavy atom. The summed E-state index contributed by atoms with van der Waals surface area (Å²) in [6.45, 7) is 6.45. The fourth-order valence-corrected chi connectivity index (χ4v) is 2.03. The van der Waals surface area contributed by atoms with Crippen molar-refractivity contribution in [2.45, 2.75) is 39.7 Å². The SMILES string of the molecule is CCC(CC)C(O)CNc1nccc(C)c1C#N. The molecule has 0 aliphatic rings. The molecule has 0 aliphatic heterocycles. The van der Waals surface area contributed by atoms with Gasteiger partial charge >= 0.3 is 0 Å². The van der Waals surface area contributed by atoms with E-state index in [-0.39, 0.29) is 5.92 Å². The van der Waals surface area contributed by atoms with Crippen molar-refractivity contribution in [2.75, 3.05) is 11.9 Å². The molecule has 0 bridgehead atoms. The Kier molecular flexibility index (Phi) is 5.60. The number of nitrogens with one attached hydrogen (secondary N) is 1. The van der Waals surface area contributed by atoms with Crippen LogP contribution >= 0.6 is 0 Å². The highest BCUT2D eigenvalue weighted by molar-refractivity contribution is 5.55. The summed E-state index contributed by atoms with van der Waals surface area (Å²) in [4.78, 5) is 4.15. The molecule has 18 heavy (non-hydrogen) atoms. The van der Waals surface area contributed by atoms with Gasteiger partial charge in [-0.05, 0) is 24.5 Å². The lowest BCUT2D eigenvalue weighted by molar-refractivity contribution is 0.114. The second kappa shape index (κ2) is 6.97. The van der Waals surface area contributed by atoms with Gasteiger partial charge in [0.05, 0.1) is 11.7 Å². The maximum absolute atomic E-state index is 10.0. The number of aromatic nitrogens is 1. The third kappa shape index (κ3) is 3.44. The summed E-state index contributed by atoms with van der Waals surface area (Å²) in [7, 11) is 0. The zero-order chi connectivity index (χ0) is 13.5. The molecule has 4 nitrogen and oxygen atoms in total. The summed E-state index contributed by atoms with van der Waals surface area (Å²) in [6, 6.07) is 3.94. The lowest BCUT2D eigenvalue weighted by Crippen LogP contribution is -2.28. The van der Waals surface area contributed by atoms with Crippen molar-refractivity contribution in [1.29, 1.82) is 5.26 Å². The molecule has 0 aliphatic carbocycles. The third-order valence-electron chi connectivity index (χ3n) is 3.34. The molecule has 1 aromatic rings. The highest BCUT2D eigenvalue weighted by atomic mass is 16.3. The standard InChI is InChI=1S/C14H21N3O/c1-4-11(5-2)13(18)9-17-14-12(8-15)10(3)6-7-16-14/h6-7,11,13,18H,4-5,9H2,1-3H3,(H,16,17). The van der Waals surface area contributed by atoms with Crippen LogP contribution in [0, 0.1) is 24.2 Å². The van der Waals surface area contributed by atoms with Crippen LogP contribution in [-0.4, -0.2) is 22.7 Å². The van der Waals surface area contributed by atoms with Gasteiger partial charge in [-0.1, -0.05) is 26.7 Å². The zero-order valence-corrected chi connectivity index (χ0v) is 11.3. The Labute approximate surface area is 109 Å². The molecule has 0 amide bonds. The van der Waals surface area contributed by atoms with E-state index in [0.29, 0.717) is 17.9 Å². The number of aliphatic hydroxyl groups is 1. The maximum atomic E-state index is 10.0. The first-order valence-corrected chi connectivity index (χ1v) is 6.41. The summed E-state index contributed by atoms with van der Waals surface area (Å²) in [6.07, 6.45) is 3.16.